The van der Waals surface area contributed by atoms with E-state index in [2.05, 4.69) is 0 Å². The predicted molar refractivity (Wildman–Crippen MR) is 86.0 cm³/mol. The molecule has 124 valence electrons. The largest absolute Gasteiger partial charge is 0.493 e. The average molecular weight is 317 g/mol. The Morgan fingerprint density at radius 3 is 2.43 bits per heavy atom. The fourth-order valence-corrected chi connectivity index (χ4v) is 3.78. The van der Waals surface area contributed by atoms with Crippen molar-refractivity contribution in [3.05, 3.63) is 23.3 Å². The number of rotatable bonds is 5. The molecule has 0 aromatic heterocycles. The highest BCUT2D eigenvalue weighted by atomic mass is 16.5. The summed E-state index contributed by atoms with van der Waals surface area (Å²) in [5.74, 6) is 2.09. The molecular formula is C18H23NO4. The molecule has 1 aliphatic carbocycles. The first kappa shape index (κ1) is 15.8. The predicted octanol–water partition coefficient (Wildman–Crippen LogP) is 2.32. The fraction of sp³-hybridized carbons (Fsp3) is 0.556. The molecule has 1 heterocycles. The zero-order valence-electron chi connectivity index (χ0n) is 13.7. The first-order chi connectivity index (χ1) is 11.2. The molecule has 1 unspecified atom stereocenters. The summed E-state index contributed by atoms with van der Waals surface area (Å²) >= 11 is 0. The van der Waals surface area contributed by atoms with Gasteiger partial charge in [0.1, 0.15) is 0 Å². The number of likely N-dealkylation sites (tertiary alicyclic amines) is 1. The fourth-order valence-electron chi connectivity index (χ4n) is 3.78. The second-order valence-corrected chi connectivity index (χ2v) is 6.45. The van der Waals surface area contributed by atoms with Gasteiger partial charge >= 0.3 is 0 Å². The summed E-state index contributed by atoms with van der Waals surface area (Å²) in [5, 5.41) is 0. The molecule has 1 atom stereocenters. The number of carbonyl (C=O) groups is 2. The van der Waals surface area contributed by atoms with Crippen LogP contribution in [0.4, 0.5) is 0 Å². The van der Waals surface area contributed by atoms with E-state index >= 15 is 0 Å². The van der Waals surface area contributed by atoms with Gasteiger partial charge in [-0.3, -0.25) is 9.59 Å². The summed E-state index contributed by atoms with van der Waals surface area (Å²) in [5.41, 5.74) is 1.83. The van der Waals surface area contributed by atoms with Crippen LogP contribution in [-0.2, 0) is 11.2 Å². The maximum Gasteiger partial charge on any atom is 0.209 e. The molecule has 1 saturated heterocycles. The van der Waals surface area contributed by atoms with Crippen molar-refractivity contribution in [3.63, 3.8) is 0 Å². The summed E-state index contributed by atoms with van der Waals surface area (Å²) in [6.45, 7) is 1.62. The van der Waals surface area contributed by atoms with Gasteiger partial charge in [-0.15, -0.1) is 0 Å². The number of fused-ring (bicyclic) bond motifs is 1. The number of methoxy groups -OCH3 is 2. The molecule has 3 rings (SSSR count). The van der Waals surface area contributed by atoms with E-state index in [1.54, 1.807) is 14.2 Å². The van der Waals surface area contributed by atoms with Gasteiger partial charge in [-0.25, -0.2) is 0 Å². The topological polar surface area (TPSA) is 55.8 Å². The van der Waals surface area contributed by atoms with Crippen LogP contribution < -0.4 is 9.47 Å². The maximum atomic E-state index is 12.7. The second-order valence-electron chi connectivity index (χ2n) is 6.45. The third-order valence-electron chi connectivity index (χ3n) is 5.13. The maximum absolute atomic E-state index is 12.7. The Bertz CT molecular complexity index is 605. The van der Waals surface area contributed by atoms with Crippen molar-refractivity contribution in [3.8, 4) is 11.5 Å². The lowest BCUT2D eigenvalue weighted by molar-refractivity contribution is -0.119. The zero-order chi connectivity index (χ0) is 16.4. The van der Waals surface area contributed by atoms with Gasteiger partial charge in [-0.1, -0.05) is 0 Å². The van der Waals surface area contributed by atoms with Crippen LogP contribution in [0.2, 0.25) is 0 Å². The van der Waals surface area contributed by atoms with E-state index in [4.69, 9.17) is 9.47 Å². The summed E-state index contributed by atoms with van der Waals surface area (Å²) in [4.78, 5) is 25.3. The molecule has 2 aliphatic rings. The van der Waals surface area contributed by atoms with Crippen LogP contribution in [0.3, 0.4) is 0 Å². The first-order valence-corrected chi connectivity index (χ1v) is 8.14. The Hall–Kier alpha value is -2.04. The number of nitrogens with zero attached hydrogens (tertiary/aromatic N) is 1. The molecule has 23 heavy (non-hydrogen) atoms. The molecule has 0 saturated carbocycles. The lowest BCUT2D eigenvalue weighted by Crippen LogP contribution is -2.33. The number of carbonyl (C=O) groups excluding carboxylic acids is 2. The number of benzene rings is 1. The summed E-state index contributed by atoms with van der Waals surface area (Å²) in [6.07, 6.45) is 4.59. The molecule has 1 aromatic carbocycles. The number of amides is 1. The Kier molecular flexibility index (Phi) is 4.55. The highest BCUT2D eigenvalue weighted by Crippen LogP contribution is 2.39. The Morgan fingerprint density at radius 2 is 1.83 bits per heavy atom. The quantitative estimate of drug-likeness (QED) is 0.782. The highest BCUT2D eigenvalue weighted by molar-refractivity contribution is 6.02. The summed E-state index contributed by atoms with van der Waals surface area (Å²) in [6, 6.07) is 3.74. The van der Waals surface area contributed by atoms with Crippen molar-refractivity contribution in [2.24, 2.45) is 11.8 Å². The van der Waals surface area contributed by atoms with Crippen LogP contribution in [0.1, 0.15) is 35.2 Å². The smallest absolute Gasteiger partial charge is 0.209 e. The molecule has 1 aromatic rings. The third kappa shape index (κ3) is 3.05. The van der Waals surface area contributed by atoms with Gasteiger partial charge < -0.3 is 14.4 Å². The van der Waals surface area contributed by atoms with Crippen molar-refractivity contribution >= 4 is 12.2 Å². The van der Waals surface area contributed by atoms with E-state index < -0.39 is 0 Å². The van der Waals surface area contributed by atoms with Crippen LogP contribution in [0.5, 0.6) is 11.5 Å². The Labute approximate surface area is 136 Å². The van der Waals surface area contributed by atoms with E-state index in [1.807, 2.05) is 17.0 Å². The summed E-state index contributed by atoms with van der Waals surface area (Å²) < 4.78 is 10.6. The average Bonchev–Trinajstić information content (AvgIpc) is 2.89. The van der Waals surface area contributed by atoms with Crippen molar-refractivity contribution in [1.29, 1.82) is 0 Å². The number of piperidine rings is 1. The van der Waals surface area contributed by atoms with Gasteiger partial charge in [0.2, 0.25) is 6.41 Å². The number of Topliss-reactive ketones (excluding diaryl/α,β-unsaturated/α-hetero) is 1. The number of hydrogen-bond acceptors (Lipinski definition) is 4. The van der Waals surface area contributed by atoms with Crippen LogP contribution in [-0.4, -0.2) is 44.4 Å². The van der Waals surface area contributed by atoms with E-state index in [0.717, 1.165) is 56.3 Å². The van der Waals surface area contributed by atoms with E-state index in [0.29, 0.717) is 17.4 Å². The van der Waals surface area contributed by atoms with E-state index in [1.165, 1.54) is 0 Å². The SMILES string of the molecule is COc1cc2c(cc1OC)C(=O)C(CC1CCN(C=O)CC1)C2. The van der Waals surface area contributed by atoms with Crippen molar-refractivity contribution < 1.29 is 19.1 Å². The third-order valence-corrected chi connectivity index (χ3v) is 5.13. The molecule has 0 bridgehead atoms. The van der Waals surface area contributed by atoms with E-state index in [9.17, 15) is 9.59 Å². The normalized spacial score (nSPS) is 21.2. The summed E-state index contributed by atoms with van der Waals surface area (Å²) in [7, 11) is 3.20. The van der Waals surface area contributed by atoms with Crippen LogP contribution >= 0.6 is 0 Å². The number of ketones is 1. The van der Waals surface area contributed by atoms with Gasteiger partial charge in [0.15, 0.2) is 17.3 Å². The molecular weight excluding hydrogens is 294 g/mol. The molecule has 0 radical (unpaired) electrons. The molecule has 5 heteroatoms. The molecule has 0 N–H and O–H groups in total. The lowest BCUT2D eigenvalue weighted by Gasteiger charge is -2.30. The minimum Gasteiger partial charge on any atom is -0.493 e. The van der Waals surface area contributed by atoms with Crippen molar-refractivity contribution in [2.45, 2.75) is 25.7 Å². The molecule has 1 aliphatic heterocycles. The van der Waals surface area contributed by atoms with Gasteiger partial charge in [0.05, 0.1) is 14.2 Å². The van der Waals surface area contributed by atoms with Crippen LogP contribution in [0.25, 0.3) is 0 Å². The zero-order valence-corrected chi connectivity index (χ0v) is 13.7. The number of hydrogen-bond donors (Lipinski definition) is 0. The minimum absolute atomic E-state index is 0.0505. The Morgan fingerprint density at radius 1 is 1.17 bits per heavy atom. The Balaban J connectivity index is 1.70. The van der Waals surface area contributed by atoms with Crippen LogP contribution in [0, 0.1) is 11.8 Å². The molecule has 1 amide bonds. The number of ether oxygens (including phenoxy) is 2. The van der Waals surface area contributed by atoms with Gasteiger partial charge in [-0.05, 0) is 49.3 Å². The standard InChI is InChI=1S/C18H23NO4/c1-22-16-9-13-8-14(18(21)15(13)10-17(16)23-2)7-12-3-5-19(11-20)6-4-12/h9-12,14H,3-8H2,1-2H3. The minimum atomic E-state index is 0.0505. The van der Waals surface area contributed by atoms with Gasteiger partial charge in [0, 0.05) is 24.6 Å². The molecule has 1 fully saturated rings. The molecule has 0 spiro atoms. The van der Waals surface area contributed by atoms with Gasteiger partial charge in [0.25, 0.3) is 0 Å². The highest BCUT2D eigenvalue weighted by Gasteiger charge is 2.34. The van der Waals surface area contributed by atoms with E-state index in [-0.39, 0.29) is 11.7 Å². The van der Waals surface area contributed by atoms with Crippen LogP contribution in [0.15, 0.2) is 12.1 Å². The van der Waals surface area contributed by atoms with Crippen molar-refractivity contribution in [1.82, 2.24) is 4.90 Å². The van der Waals surface area contributed by atoms with Gasteiger partial charge in [-0.2, -0.15) is 0 Å². The molecule has 5 nitrogen and oxygen atoms in total. The second kappa shape index (κ2) is 6.60. The first-order valence-electron chi connectivity index (χ1n) is 8.14. The lowest BCUT2D eigenvalue weighted by atomic mass is 9.85. The van der Waals surface area contributed by atoms with Crippen molar-refractivity contribution in [2.75, 3.05) is 27.3 Å². The monoisotopic (exact) mass is 317 g/mol.